The van der Waals surface area contributed by atoms with E-state index in [1.54, 1.807) is 6.33 Å². The summed E-state index contributed by atoms with van der Waals surface area (Å²) in [5.74, 6) is 0.653. The fourth-order valence-electron chi connectivity index (χ4n) is 6.58. The summed E-state index contributed by atoms with van der Waals surface area (Å²) < 4.78 is 5.88. The van der Waals surface area contributed by atoms with Gasteiger partial charge >= 0.3 is 0 Å². The van der Waals surface area contributed by atoms with Crippen molar-refractivity contribution in [3.63, 3.8) is 0 Å². The number of fused-ring (bicyclic) bond motifs is 1. The molecular weight excluding hydrogens is 580 g/mol. The predicted octanol–water partition coefficient (Wildman–Crippen LogP) is 7.22. The van der Waals surface area contributed by atoms with E-state index in [1.165, 1.54) is 0 Å². The Balaban J connectivity index is 1.26. The van der Waals surface area contributed by atoms with Crippen LogP contribution in [0, 0.1) is 11.3 Å². The highest BCUT2D eigenvalue weighted by Crippen LogP contribution is 2.43. The molecule has 0 aliphatic heterocycles. The van der Waals surface area contributed by atoms with Crippen LogP contribution in [0.25, 0.3) is 28.2 Å². The zero-order chi connectivity index (χ0) is 31.6. The van der Waals surface area contributed by atoms with Gasteiger partial charge in [0.15, 0.2) is 17.2 Å². The minimum atomic E-state index is -0.850. The van der Waals surface area contributed by atoms with E-state index in [0.717, 1.165) is 44.6 Å². The van der Waals surface area contributed by atoms with Crippen LogP contribution >= 0.6 is 0 Å². The second kappa shape index (κ2) is 11.7. The van der Waals surface area contributed by atoms with Crippen LogP contribution in [-0.4, -0.2) is 34.2 Å². The summed E-state index contributed by atoms with van der Waals surface area (Å²) in [7, 11) is 0. The molecule has 0 radical (unpaired) electrons. The molecule has 3 heterocycles. The van der Waals surface area contributed by atoms with Crippen molar-refractivity contribution < 1.29 is 0 Å². The van der Waals surface area contributed by atoms with Crippen molar-refractivity contribution >= 4 is 5.65 Å². The van der Waals surface area contributed by atoms with E-state index in [9.17, 15) is 5.26 Å². The Morgan fingerprint density at radius 1 is 0.638 bits per heavy atom. The molecule has 0 fully saturated rings. The topological polar surface area (TPSA) is 89.6 Å². The molecule has 0 saturated carbocycles. The summed E-state index contributed by atoms with van der Waals surface area (Å²) >= 11 is 0. The van der Waals surface area contributed by atoms with Crippen molar-refractivity contribution in [3.8, 4) is 28.6 Å². The summed E-state index contributed by atoms with van der Waals surface area (Å²) in [5.41, 5.74) is 7.57. The van der Waals surface area contributed by atoms with Crippen molar-refractivity contribution in [3.05, 3.63) is 186 Å². The smallest absolute Gasteiger partial charge is 0.184 e. The highest BCUT2D eigenvalue weighted by Gasteiger charge is 2.42. The second-order valence-corrected chi connectivity index (χ2v) is 11.3. The monoisotopic (exact) mass is 608 g/mol. The third kappa shape index (κ3) is 4.69. The molecule has 8 rings (SSSR count). The van der Waals surface area contributed by atoms with Crippen molar-refractivity contribution in [2.75, 3.05) is 0 Å². The van der Waals surface area contributed by atoms with Crippen molar-refractivity contribution in [1.29, 1.82) is 5.26 Å². The maximum Gasteiger partial charge on any atom is 0.184 e. The van der Waals surface area contributed by atoms with E-state index in [1.807, 2.05) is 56.4 Å². The van der Waals surface area contributed by atoms with Crippen LogP contribution in [-0.2, 0) is 12.1 Å². The Bertz CT molecular complexity index is 2230. The van der Waals surface area contributed by atoms with Gasteiger partial charge in [0.05, 0.1) is 0 Å². The third-order valence-corrected chi connectivity index (χ3v) is 8.70. The summed E-state index contributed by atoms with van der Waals surface area (Å²) in [6.07, 6.45) is 5.55. The molecule has 0 unspecified atom stereocenters. The number of benzene rings is 5. The highest BCUT2D eigenvalue weighted by atomic mass is 15.6. The molecule has 0 aliphatic carbocycles. The Kier molecular flexibility index (Phi) is 6.97. The average molecular weight is 609 g/mol. The van der Waals surface area contributed by atoms with Crippen molar-refractivity contribution in [2.24, 2.45) is 0 Å². The Labute approximate surface area is 271 Å². The zero-order valence-corrected chi connectivity index (χ0v) is 25.3. The van der Waals surface area contributed by atoms with E-state index in [4.69, 9.17) is 5.21 Å². The molecule has 0 spiro atoms. The standard InChI is InChI=1S/C39H28N8/c40-26-36-38-45(24-25-46(38)28-41-36)27-29-20-22-30(23-21-29)34-18-10-11-19-35(34)37-42-43-44-47(37)39(31-12-4-1-5-13-31,32-14-6-2-7-15-32)33-16-8-3-9-17-33/h1-25,28H,27H2. The first-order valence-corrected chi connectivity index (χ1v) is 15.3. The summed E-state index contributed by atoms with van der Waals surface area (Å²) in [6.45, 7) is 0.616. The first-order chi connectivity index (χ1) is 23.3. The molecule has 0 atom stereocenters. The fraction of sp³-hybridized carbons (Fsp3) is 0.0513. The van der Waals surface area contributed by atoms with Gasteiger partial charge in [-0.25, -0.2) is 9.67 Å². The number of tetrazole rings is 1. The molecule has 8 nitrogen and oxygen atoms in total. The molecular formula is C39H28N8. The maximum atomic E-state index is 9.51. The van der Waals surface area contributed by atoms with Gasteiger partial charge in [-0.1, -0.05) is 140 Å². The van der Waals surface area contributed by atoms with Crippen LogP contribution in [0.3, 0.4) is 0 Å². The van der Waals surface area contributed by atoms with Crippen LogP contribution in [0.1, 0.15) is 27.9 Å². The average Bonchev–Trinajstić information content (AvgIpc) is 3.89. The number of aromatic nitrogens is 7. The van der Waals surface area contributed by atoms with E-state index in [-0.39, 0.29) is 0 Å². The van der Waals surface area contributed by atoms with Gasteiger partial charge in [0.25, 0.3) is 0 Å². The van der Waals surface area contributed by atoms with Crippen LogP contribution in [0.15, 0.2) is 158 Å². The molecule has 8 aromatic rings. The molecule has 224 valence electrons. The summed E-state index contributed by atoms with van der Waals surface area (Å²) in [4.78, 5) is 4.21. The van der Waals surface area contributed by atoms with Gasteiger partial charge in [-0.3, -0.25) is 4.40 Å². The Morgan fingerprint density at radius 2 is 1.21 bits per heavy atom. The van der Waals surface area contributed by atoms with Crippen LogP contribution < -0.4 is 0 Å². The predicted molar refractivity (Wildman–Crippen MR) is 180 cm³/mol. The van der Waals surface area contributed by atoms with Crippen molar-refractivity contribution in [2.45, 2.75) is 12.1 Å². The third-order valence-electron chi connectivity index (χ3n) is 8.70. The lowest BCUT2D eigenvalue weighted by Gasteiger charge is -2.36. The van der Waals surface area contributed by atoms with Gasteiger partial charge in [-0.2, -0.15) is 5.26 Å². The summed E-state index contributed by atoms with van der Waals surface area (Å²) in [5, 5.41) is 23.2. The number of hydrogen-bond donors (Lipinski definition) is 0. The van der Waals surface area contributed by atoms with E-state index >= 15 is 0 Å². The van der Waals surface area contributed by atoms with Gasteiger partial charge in [0.1, 0.15) is 17.9 Å². The number of hydrogen-bond acceptors (Lipinski definition) is 5. The van der Waals surface area contributed by atoms with Crippen LogP contribution in [0.2, 0.25) is 0 Å². The maximum absolute atomic E-state index is 9.51. The molecule has 0 bridgehead atoms. The van der Waals surface area contributed by atoms with Gasteiger partial charge in [-0.15, -0.1) is 5.10 Å². The minimum absolute atomic E-state index is 0.413. The van der Waals surface area contributed by atoms with Gasteiger partial charge in [-0.05, 0) is 43.8 Å². The molecule has 0 aliphatic rings. The van der Waals surface area contributed by atoms with Gasteiger partial charge in [0, 0.05) is 24.5 Å². The lowest BCUT2D eigenvalue weighted by Crippen LogP contribution is -2.39. The second-order valence-electron chi connectivity index (χ2n) is 11.3. The highest BCUT2D eigenvalue weighted by molar-refractivity contribution is 5.81. The molecule has 0 amide bonds. The number of nitrogens with zero attached hydrogens (tertiary/aromatic N) is 8. The molecule has 8 heteroatoms. The lowest BCUT2D eigenvalue weighted by atomic mass is 9.77. The molecule has 47 heavy (non-hydrogen) atoms. The molecule has 3 aromatic heterocycles. The molecule has 0 saturated heterocycles. The quantitative estimate of drug-likeness (QED) is 0.170. The first kappa shape index (κ1) is 27.9. The Hall–Kier alpha value is -6.59. The molecule has 5 aromatic carbocycles. The van der Waals surface area contributed by atoms with Gasteiger partial charge in [0.2, 0.25) is 0 Å². The van der Waals surface area contributed by atoms with Crippen LogP contribution in [0.4, 0.5) is 0 Å². The summed E-state index contributed by atoms with van der Waals surface area (Å²) in [6, 6.07) is 50.2. The van der Waals surface area contributed by atoms with E-state index in [0.29, 0.717) is 18.1 Å². The van der Waals surface area contributed by atoms with E-state index in [2.05, 4.69) is 131 Å². The first-order valence-electron chi connectivity index (χ1n) is 15.3. The SMILES string of the molecule is N#Cc1ncn2ccn(Cc3ccc(-c4ccccc4-c4nnnn4C(c4ccccc4)(c4ccccc4)c4ccccc4)cc3)c12. The van der Waals surface area contributed by atoms with Gasteiger partial charge < -0.3 is 4.57 Å². The Morgan fingerprint density at radius 3 is 1.81 bits per heavy atom. The number of nitriles is 1. The lowest BCUT2D eigenvalue weighted by molar-refractivity contribution is 0.451. The fourth-order valence-corrected chi connectivity index (χ4v) is 6.58. The zero-order valence-electron chi connectivity index (χ0n) is 25.3. The molecule has 0 N–H and O–H groups in total. The number of imidazole rings is 2. The minimum Gasteiger partial charge on any atom is -0.326 e. The van der Waals surface area contributed by atoms with E-state index < -0.39 is 5.54 Å². The van der Waals surface area contributed by atoms with Crippen LogP contribution in [0.5, 0.6) is 0 Å². The normalized spacial score (nSPS) is 11.5. The van der Waals surface area contributed by atoms with Crippen molar-refractivity contribution in [1.82, 2.24) is 34.2 Å². The number of rotatable bonds is 8. The largest absolute Gasteiger partial charge is 0.326 e.